The summed E-state index contributed by atoms with van der Waals surface area (Å²) in [5, 5.41) is 0. The van der Waals surface area contributed by atoms with Crippen molar-refractivity contribution in [2.45, 2.75) is 6.92 Å². The standard InChI is InChI=1S/C10H12N2O/c1-7-4-3-5-9(6-7)8(2)10(13)12-11/h3-6H,2,11H2,1H3,(H,12,13). The molecule has 1 rings (SSSR count). The van der Waals surface area contributed by atoms with Gasteiger partial charge in [0.15, 0.2) is 0 Å². The lowest BCUT2D eigenvalue weighted by Crippen LogP contribution is -2.30. The minimum atomic E-state index is -0.356. The van der Waals surface area contributed by atoms with Gasteiger partial charge in [0.25, 0.3) is 5.91 Å². The van der Waals surface area contributed by atoms with Crippen LogP contribution < -0.4 is 11.3 Å². The first kappa shape index (κ1) is 9.48. The number of amides is 1. The van der Waals surface area contributed by atoms with Crippen LogP contribution in [0.4, 0.5) is 0 Å². The van der Waals surface area contributed by atoms with Gasteiger partial charge in [-0.25, -0.2) is 5.84 Å². The zero-order chi connectivity index (χ0) is 9.84. The van der Waals surface area contributed by atoms with Crippen molar-refractivity contribution in [3.8, 4) is 0 Å². The third kappa shape index (κ3) is 2.16. The SMILES string of the molecule is C=C(C(=O)NN)c1cccc(C)c1. The van der Waals surface area contributed by atoms with Crippen molar-refractivity contribution in [1.82, 2.24) is 5.43 Å². The van der Waals surface area contributed by atoms with E-state index >= 15 is 0 Å². The molecule has 0 aliphatic carbocycles. The minimum Gasteiger partial charge on any atom is -0.290 e. The van der Waals surface area contributed by atoms with Crippen molar-refractivity contribution in [3.05, 3.63) is 42.0 Å². The van der Waals surface area contributed by atoms with Crippen LogP contribution in [0.25, 0.3) is 5.57 Å². The molecule has 1 aromatic carbocycles. The fourth-order valence-corrected chi connectivity index (χ4v) is 1.05. The van der Waals surface area contributed by atoms with Gasteiger partial charge in [-0.15, -0.1) is 0 Å². The van der Waals surface area contributed by atoms with Gasteiger partial charge in [0, 0.05) is 5.57 Å². The second-order valence-corrected chi connectivity index (χ2v) is 2.82. The van der Waals surface area contributed by atoms with Crippen molar-refractivity contribution >= 4 is 11.5 Å². The third-order valence-electron chi connectivity index (χ3n) is 1.77. The van der Waals surface area contributed by atoms with Gasteiger partial charge < -0.3 is 0 Å². The van der Waals surface area contributed by atoms with E-state index in [0.29, 0.717) is 5.57 Å². The maximum Gasteiger partial charge on any atom is 0.265 e. The molecule has 68 valence electrons. The van der Waals surface area contributed by atoms with Gasteiger partial charge in [0.05, 0.1) is 0 Å². The van der Waals surface area contributed by atoms with E-state index in [2.05, 4.69) is 6.58 Å². The average Bonchev–Trinajstić information content (AvgIpc) is 2.15. The fraction of sp³-hybridized carbons (Fsp3) is 0.100. The van der Waals surface area contributed by atoms with Gasteiger partial charge in [-0.1, -0.05) is 36.4 Å². The Morgan fingerprint density at radius 2 is 2.23 bits per heavy atom. The molecule has 3 heteroatoms. The number of hydrogen-bond acceptors (Lipinski definition) is 2. The first-order valence-electron chi connectivity index (χ1n) is 3.92. The summed E-state index contributed by atoms with van der Waals surface area (Å²) in [7, 11) is 0. The lowest BCUT2D eigenvalue weighted by atomic mass is 10.1. The Morgan fingerprint density at radius 1 is 1.54 bits per heavy atom. The molecule has 0 atom stereocenters. The molecule has 1 amide bonds. The highest BCUT2D eigenvalue weighted by molar-refractivity contribution is 6.18. The number of aryl methyl sites for hydroxylation is 1. The van der Waals surface area contributed by atoms with E-state index in [4.69, 9.17) is 5.84 Å². The highest BCUT2D eigenvalue weighted by Crippen LogP contribution is 2.13. The Kier molecular flexibility index (Phi) is 2.82. The normalized spacial score (nSPS) is 9.38. The number of benzene rings is 1. The zero-order valence-corrected chi connectivity index (χ0v) is 7.50. The molecule has 0 saturated carbocycles. The molecule has 0 spiro atoms. The molecular formula is C10H12N2O. The van der Waals surface area contributed by atoms with Crippen LogP contribution in [0, 0.1) is 6.92 Å². The summed E-state index contributed by atoms with van der Waals surface area (Å²) in [5.74, 6) is 4.63. The number of carbonyl (C=O) groups is 1. The van der Waals surface area contributed by atoms with Gasteiger partial charge >= 0.3 is 0 Å². The Bertz CT molecular complexity index is 345. The molecule has 0 unspecified atom stereocenters. The van der Waals surface area contributed by atoms with E-state index < -0.39 is 0 Å². The predicted octanol–water partition coefficient (Wildman–Crippen LogP) is 0.998. The Balaban J connectivity index is 2.95. The lowest BCUT2D eigenvalue weighted by Gasteiger charge is -2.04. The molecule has 0 bridgehead atoms. The summed E-state index contributed by atoms with van der Waals surface area (Å²) in [4.78, 5) is 11.1. The number of nitrogens with two attached hydrogens (primary N) is 1. The van der Waals surface area contributed by atoms with E-state index in [1.807, 2.05) is 36.6 Å². The van der Waals surface area contributed by atoms with Crippen LogP contribution in [0.5, 0.6) is 0 Å². The molecule has 0 saturated heterocycles. The first-order valence-corrected chi connectivity index (χ1v) is 3.92. The van der Waals surface area contributed by atoms with Gasteiger partial charge in [-0.3, -0.25) is 10.2 Å². The second-order valence-electron chi connectivity index (χ2n) is 2.82. The summed E-state index contributed by atoms with van der Waals surface area (Å²) < 4.78 is 0. The third-order valence-corrected chi connectivity index (χ3v) is 1.77. The van der Waals surface area contributed by atoms with Crippen LogP contribution in [-0.2, 0) is 4.79 Å². The lowest BCUT2D eigenvalue weighted by molar-refractivity contribution is -0.115. The van der Waals surface area contributed by atoms with Crippen molar-refractivity contribution in [1.29, 1.82) is 0 Å². The van der Waals surface area contributed by atoms with Gasteiger partial charge in [0.1, 0.15) is 0 Å². The van der Waals surface area contributed by atoms with Gasteiger partial charge in [-0.05, 0) is 12.5 Å². The summed E-state index contributed by atoms with van der Waals surface area (Å²) in [6.45, 7) is 5.60. The summed E-state index contributed by atoms with van der Waals surface area (Å²) >= 11 is 0. The summed E-state index contributed by atoms with van der Waals surface area (Å²) in [6.07, 6.45) is 0. The number of carbonyl (C=O) groups excluding carboxylic acids is 1. The van der Waals surface area contributed by atoms with Crippen LogP contribution in [0.2, 0.25) is 0 Å². The molecule has 0 aliphatic rings. The molecule has 3 N–H and O–H groups in total. The maximum atomic E-state index is 11.1. The highest BCUT2D eigenvalue weighted by atomic mass is 16.2. The van der Waals surface area contributed by atoms with E-state index in [-0.39, 0.29) is 5.91 Å². The van der Waals surface area contributed by atoms with E-state index in [9.17, 15) is 4.79 Å². The topological polar surface area (TPSA) is 55.1 Å². The smallest absolute Gasteiger partial charge is 0.265 e. The molecule has 3 nitrogen and oxygen atoms in total. The van der Waals surface area contributed by atoms with Crippen molar-refractivity contribution < 1.29 is 4.79 Å². The number of nitrogens with one attached hydrogen (secondary N) is 1. The second kappa shape index (κ2) is 3.87. The highest BCUT2D eigenvalue weighted by Gasteiger charge is 2.06. The number of hydrazine groups is 1. The van der Waals surface area contributed by atoms with Crippen molar-refractivity contribution in [2.24, 2.45) is 5.84 Å². The summed E-state index contributed by atoms with van der Waals surface area (Å²) in [5.41, 5.74) is 4.31. The van der Waals surface area contributed by atoms with E-state index in [0.717, 1.165) is 11.1 Å². The van der Waals surface area contributed by atoms with Crippen molar-refractivity contribution in [2.75, 3.05) is 0 Å². The molecule has 0 aliphatic heterocycles. The Hall–Kier alpha value is -1.61. The first-order chi connectivity index (χ1) is 6.15. The number of rotatable bonds is 2. The largest absolute Gasteiger partial charge is 0.290 e. The maximum absolute atomic E-state index is 11.1. The van der Waals surface area contributed by atoms with Crippen molar-refractivity contribution in [3.63, 3.8) is 0 Å². The molecular weight excluding hydrogens is 164 g/mol. The quantitative estimate of drug-likeness (QED) is 0.305. The van der Waals surface area contributed by atoms with E-state index in [1.165, 1.54) is 0 Å². The number of hydrogen-bond donors (Lipinski definition) is 2. The van der Waals surface area contributed by atoms with E-state index in [1.54, 1.807) is 0 Å². The minimum absolute atomic E-state index is 0.356. The van der Waals surface area contributed by atoms with Gasteiger partial charge in [-0.2, -0.15) is 0 Å². The van der Waals surface area contributed by atoms with Crippen LogP contribution >= 0.6 is 0 Å². The molecule has 1 aromatic rings. The van der Waals surface area contributed by atoms with Crippen LogP contribution in [0.3, 0.4) is 0 Å². The predicted molar refractivity (Wildman–Crippen MR) is 52.5 cm³/mol. The van der Waals surface area contributed by atoms with Crippen LogP contribution in [0.1, 0.15) is 11.1 Å². The summed E-state index contributed by atoms with van der Waals surface area (Å²) in [6, 6.07) is 7.54. The molecule has 0 heterocycles. The molecule has 13 heavy (non-hydrogen) atoms. The van der Waals surface area contributed by atoms with Crippen LogP contribution in [0.15, 0.2) is 30.8 Å². The monoisotopic (exact) mass is 176 g/mol. The Labute approximate surface area is 77.2 Å². The molecule has 0 radical (unpaired) electrons. The van der Waals surface area contributed by atoms with Crippen LogP contribution in [-0.4, -0.2) is 5.91 Å². The molecule has 0 fully saturated rings. The molecule has 0 aromatic heterocycles. The Morgan fingerprint density at radius 3 is 2.77 bits per heavy atom. The fourth-order valence-electron chi connectivity index (χ4n) is 1.05. The van der Waals surface area contributed by atoms with Gasteiger partial charge in [0.2, 0.25) is 0 Å². The zero-order valence-electron chi connectivity index (χ0n) is 7.50. The average molecular weight is 176 g/mol.